The first-order valence-electron chi connectivity index (χ1n) is 13.8. The molecule has 3 aliphatic heterocycles. The molecule has 4 aliphatic rings. The summed E-state index contributed by atoms with van der Waals surface area (Å²) in [5.74, 6) is 1.28. The molecule has 2 aromatic heterocycles. The number of ether oxygens (including phenoxy) is 1. The summed E-state index contributed by atoms with van der Waals surface area (Å²) in [7, 11) is 0. The third kappa shape index (κ3) is 3.55. The van der Waals surface area contributed by atoms with E-state index in [1.54, 1.807) is 12.4 Å². The van der Waals surface area contributed by atoms with Gasteiger partial charge in [-0.05, 0) is 32.6 Å². The number of amides is 1. The Hall–Kier alpha value is -3.01. The van der Waals surface area contributed by atoms with Gasteiger partial charge in [-0.1, -0.05) is 6.92 Å². The number of likely N-dealkylation sites (tertiary alicyclic amines) is 1. The number of fused-ring (bicyclic) bond motifs is 1. The molecule has 1 aliphatic carbocycles. The molecule has 6 rings (SSSR count). The van der Waals surface area contributed by atoms with Crippen LogP contribution >= 0.6 is 0 Å². The molecule has 3 fully saturated rings. The van der Waals surface area contributed by atoms with Gasteiger partial charge in [0, 0.05) is 61.7 Å². The minimum atomic E-state index is -2.22. The summed E-state index contributed by atoms with van der Waals surface area (Å²) in [6.45, 7) is 1.30. The normalized spacial score (nSPS) is 30.2. The molecule has 2 saturated heterocycles. The van der Waals surface area contributed by atoms with E-state index in [2.05, 4.69) is 21.8 Å². The molecule has 1 amide bonds. The Kier molecular flexibility index (Phi) is 3.98. The van der Waals surface area contributed by atoms with Gasteiger partial charge in [0.25, 0.3) is 0 Å². The van der Waals surface area contributed by atoms with E-state index in [0.29, 0.717) is 43.1 Å². The highest BCUT2D eigenvalue weighted by Gasteiger charge is 2.51. The molecule has 180 valence electrons. The summed E-state index contributed by atoms with van der Waals surface area (Å²) in [4.78, 5) is 36.7. The van der Waals surface area contributed by atoms with Crippen LogP contribution in [0.5, 0.6) is 0 Å². The van der Waals surface area contributed by atoms with E-state index in [1.807, 2.05) is 11.8 Å². The fourth-order valence-corrected chi connectivity index (χ4v) is 5.20. The molecule has 1 saturated carbocycles. The Balaban J connectivity index is 1.40. The van der Waals surface area contributed by atoms with Gasteiger partial charge in [0.1, 0.15) is 5.82 Å². The van der Waals surface area contributed by atoms with Crippen LogP contribution in [0.1, 0.15) is 44.2 Å². The number of nitrogens with zero attached hydrogens (tertiary/aromatic N) is 7. The van der Waals surface area contributed by atoms with Gasteiger partial charge < -0.3 is 25.2 Å². The lowest BCUT2D eigenvalue weighted by molar-refractivity contribution is -0.135. The fraction of sp³-hybridized carbons (Fsp3) is 0.625. The summed E-state index contributed by atoms with van der Waals surface area (Å²) in [6.07, 6.45) is 6.57. The second-order valence-electron chi connectivity index (χ2n) is 10.2. The Bertz CT molecular complexity index is 1270. The Morgan fingerprint density at radius 1 is 1.09 bits per heavy atom. The van der Waals surface area contributed by atoms with Crippen molar-refractivity contribution in [2.75, 3.05) is 61.4 Å². The van der Waals surface area contributed by atoms with Crippen LogP contribution in [0.15, 0.2) is 12.4 Å². The van der Waals surface area contributed by atoms with Crippen LogP contribution in [0.3, 0.4) is 0 Å². The first kappa shape index (κ1) is 17.4. The quantitative estimate of drug-likeness (QED) is 0.713. The van der Waals surface area contributed by atoms with Crippen LogP contribution < -0.4 is 15.5 Å². The number of carbonyl (C=O) groups is 1. The predicted molar refractivity (Wildman–Crippen MR) is 128 cm³/mol. The molecule has 0 unspecified atom stereocenters. The van der Waals surface area contributed by atoms with Gasteiger partial charge in [-0.25, -0.2) is 15.0 Å². The van der Waals surface area contributed by atoms with Crippen molar-refractivity contribution in [3.05, 3.63) is 18.0 Å². The molecule has 0 radical (unpaired) electrons. The molecule has 2 aromatic rings. The number of rotatable bonds is 4. The van der Waals surface area contributed by atoms with Crippen molar-refractivity contribution in [1.82, 2.24) is 24.8 Å². The van der Waals surface area contributed by atoms with Crippen LogP contribution in [-0.4, -0.2) is 82.1 Å². The van der Waals surface area contributed by atoms with Crippen LogP contribution in [0.4, 0.5) is 17.7 Å². The molecular formula is C24H32N8O2. The first-order valence-corrected chi connectivity index (χ1v) is 11.8. The van der Waals surface area contributed by atoms with E-state index in [0.717, 1.165) is 24.8 Å². The summed E-state index contributed by atoms with van der Waals surface area (Å²) >= 11 is 0. The highest BCUT2D eigenvalue weighted by molar-refractivity contribution is 5.85. The molecule has 0 spiro atoms. The average molecular weight is 469 g/mol. The molecule has 34 heavy (non-hydrogen) atoms. The minimum Gasteiger partial charge on any atom is -0.378 e. The van der Waals surface area contributed by atoms with Crippen molar-refractivity contribution in [1.29, 1.82) is 0 Å². The number of hydrogen-bond acceptors (Lipinski definition) is 9. The summed E-state index contributed by atoms with van der Waals surface area (Å²) < 4.78 is 37.4. The zero-order chi connectivity index (χ0) is 27.1. The van der Waals surface area contributed by atoms with Crippen molar-refractivity contribution in [3.8, 4) is 11.3 Å². The third-order valence-corrected chi connectivity index (χ3v) is 7.60. The second-order valence-corrected chi connectivity index (χ2v) is 10.2. The van der Waals surface area contributed by atoms with E-state index in [4.69, 9.17) is 25.9 Å². The molecule has 10 heteroatoms. The molecule has 5 heterocycles. The molecule has 10 nitrogen and oxygen atoms in total. The van der Waals surface area contributed by atoms with Gasteiger partial charge in [0.05, 0.1) is 29.8 Å². The SMILES string of the molecule is [2H]C1([2H])CN(c2nc(-c3cnc(N)nc3)c3c(n2)N([C@@]2(C)CCN(C(=O)C4(C)CC4)C2)CC3)CC([2H])([2H])O1. The molecular weight excluding hydrogens is 432 g/mol. The van der Waals surface area contributed by atoms with Crippen LogP contribution in [0, 0.1) is 5.41 Å². The van der Waals surface area contributed by atoms with Crippen molar-refractivity contribution >= 4 is 23.6 Å². The molecule has 0 bridgehead atoms. The first-order chi connectivity index (χ1) is 17.8. The van der Waals surface area contributed by atoms with Crippen molar-refractivity contribution in [2.24, 2.45) is 5.41 Å². The molecule has 0 aromatic carbocycles. The van der Waals surface area contributed by atoms with Crippen molar-refractivity contribution < 1.29 is 15.0 Å². The summed E-state index contributed by atoms with van der Waals surface area (Å²) in [6, 6.07) is 0. The number of aromatic nitrogens is 4. The third-order valence-electron chi connectivity index (χ3n) is 7.60. The zero-order valence-electron chi connectivity index (χ0n) is 23.5. The smallest absolute Gasteiger partial charge is 0.228 e. The average Bonchev–Trinajstić information content (AvgIpc) is 3.24. The lowest BCUT2D eigenvalue weighted by Crippen LogP contribution is -2.49. The maximum Gasteiger partial charge on any atom is 0.228 e. The molecule has 1 atom stereocenters. The van der Waals surface area contributed by atoms with Crippen LogP contribution in [0.25, 0.3) is 11.3 Å². The van der Waals surface area contributed by atoms with E-state index in [1.165, 1.54) is 4.90 Å². The number of nitrogen functional groups attached to an aromatic ring is 1. The standard InChI is InChI=1S/C24H32N8O2/c1-23(4-5-23)20(33)31-8-6-24(2,15-31)32-7-3-17-18(16-13-26-21(25)27-14-16)28-22(29-19(17)32)30-9-11-34-12-10-30/h13-14H,3-12,15H2,1-2H3,(H2,25,26,27)/t24-/m0/s1/i11D2,12D2. The van der Waals surface area contributed by atoms with Crippen LogP contribution in [0.2, 0.25) is 0 Å². The van der Waals surface area contributed by atoms with E-state index >= 15 is 0 Å². The highest BCUT2D eigenvalue weighted by Crippen LogP contribution is 2.48. The summed E-state index contributed by atoms with van der Waals surface area (Å²) in [5, 5.41) is 0. The Morgan fingerprint density at radius 3 is 2.53 bits per heavy atom. The van der Waals surface area contributed by atoms with Gasteiger partial charge in [-0.2, -0.15) is 4.98 Å². The van der Waals surface area contributed by atoms with E-state index in [-0.39, 0.29) is 41.8 Å². The lowest BCUT2D eigenvalue weighted by Gasteiger charge is -2.37. The zero-order valence-corrected chi connectivity index (χ0v) is 19.5. The maximum atomic E-state index is 13.1. The van der Waals surface area contributed by atoms with Gasteiger partial charge >= 0.3 is 0 Å². The highest BCUT2D eigenvalue weighted by atomic mass is 16.5. The van der Waals surface area contributed by atoms with Crippen LogP contribution in [-0.2, 0) is 16.0 Å². The van der Waals surface area contributed by atoms with Crippen molar-refractivity contribution in [2.45, 2.75) is 45.1 Å². The van der Waals surface area contributed by atoms with E-state index in [9.17, 15) is 4.79 Å². The number of hydrogen-bond donors (Lipinski definition) is 1. The number of carbonyl (C=O) groups excluding carboxylic acids is 1. The van der Waals surface area contributed by atoms with Gasteiger partial charge in [0.15, 0.2) is 0 Å². The largest absolute Gasteiger partial charge is 0.378 e. The minimum absolute atomic E-state index is 0.142. The van der Waals surface area contributed by atoms with Gasteiger partial charge in [0.2, 0.25) is 17.8 Å². The van der Waals surface area contributed by atoms with Gasteiger partial charge in [-0.15, -0.1) is 0 Å². The number of anilines is 3. The Labute approximate surface area is 205 Å². The summed E-state index contributed by atoms with van der Waals surface area (Å²) in [5.41, 5.74) is 7.34. The van der Waals surface area contributed by atoms with E-state index < -0.39 is 13.1 Å². The second kappa shape index (κ2) is 7.76. The fourth-order valence-electron chi connectivity index (χ4n) is 5.20. The maximum absolute atomic E-state index is 13.1. The predicted octanol–water partition coefficient (Wildman–Crippen LogP) is 1.51. The lowest BCUT2D eigenvalue weighted by atomic mass is 9.99. The molecule has 2 N–H and O–H groups in total. The van der Waals surface area contributed by atoms with Crippen molar-refractivity contribution in [3.63, 3.8) is 0 Å². The number of nitrogens with two attached hydrogens (primary N) is 1. The Morgan fingerprint density at radius 2 is 1.82 bits per heavy atom. The van der Waals surface area contributed by atoms with Gasteiger partial charge in [-0.3, -0.25) is 4.79 Å². The number of morpholine rings is 1. The topological polar surface area (TPSA) is 114 Å². The monoisotopic (exact) mass is 468 g/mol.